The Morgan fingerprint density at radius 3 is 2.36 bits per heavy atom. The van der Waals surface area contributed by atoms with Crippen LogP contribution in [-0.2, 0) is 33.5 Å². The van der Waals surface area contributed by atoms with Crippen LogP contribution in [0.5, 0.6) is 0 Å². The van der Waals surface area contributed by atoms with Crippen LogP contribution in [-0.4, -0.2) is 14.1 Å². The van der Waals surface area contributed by atoms with E-state index in [4.69, 9.17) is 4.98 Å². The van der Waals surface area contributed by atoms with Crippen molar-refractivity contribution in [3.05, 3.63) is 181 Å². The molecular formula is C40H26N4Pt-2. The maximum Gasteiger partial charge on any atom is 0.241 e. The van der Waals surface area contributed by atoms with Gasteiger partial charge in [-0.25, -0.2) is 0 Å². The molecule has 8 aromatic rings. The number of benzene rings is 5. The number of fused-ring (bicyclic) bond motifs is 5. The van der Waals surface area contributed by atoms with Crippen molar-refractivity contribution in [2.45, 2.75) is 5.41 Å². The van der Waals surface area contributed by atoms with Crippen LogP contribution in [0.4, 0.5) is 0 Å². The molecular weight excluding hydrogens is 732 g/mol. The van der Waals surface area contributed by atoms with Gasteiger partial charge in [0.25, 0.3) is 0 Å². The van der Waals surface area contributed by atoms with Gasteiger partial charge in [0, 0.05) is 66.9 Å². The predicted molar refractivity (Wildman–Crippen MR) is 173 cm³/mol. The second-order valence-corrected chi connectivity index (χ2v) is 11.3. The summed E-state index contributed by atoms with van der Waals surface area (Å²) in [6.07, 6.45) is 9.22. The monoisotopic (exact) mass is 757 g/mol. The summed E-state index contributed by atoms with van der Waals surface area (Å²) in [7, 11) is 1.98. The van der Waals surface area contributed by atoms with Gasteiger partial charge >= 0.3 is 0 Å². The third-order valence-electron chi connectivity index (χ3n) is 8.93. The molecule has 5 heteroatoms. The minimum Gasteiger partial charge on any atom is -0.350 e. The number of nitrogens with zero attached hydrogens (tertiary/aromatic N) is 4. The number of hydrogen-bond acceptors (Lipinski definition) is 1. The van der Waals surface area contributed by atoms with Crippen LogP contribution in [0.1, 0.15) is 22.3 Å². The Labute approximate surface area is 276 Å². The smallest absolute Gasteiger partial charge is 0.241 e. The zero-order valence-electron chi connectivity index (χ0n) is 24.4. The quantitative estimate of drug-likeness (QED) is 0.135. The largest absolute Gasteiger partial charge is 0.350 e. The summed E-state index contributed by atoms with van der Waals surface area (Å²) >= 11 is 0. The topological polar surface area (TPSA) is 26.6 Å². The second-order valence-electron chi connectivity index (χ2n) is 11.3. The molecule has 0 saturated heterocycles. The maximum absolute atomic E-state index is 4.71. The van der Waals surface area contributed by atoms with Gasteiger partial charge < -0.3 is 18.7 Å². The van der Waals surface area contributed by atoms with Crippen LogP contribution in [0, 0.1) is 18.5 Å². The van der Waals surface area contributed by atoms with Crippen molar-refractivity contribution in [3.63, 3.8) is 0 Å². The van der Waals surface area contributed by atoms with E-state index in [-0.39, 0.29) is 21.1 Å². The summed E-state index contributed by atoms with van der Waals surface area (Å²) in [4.78, 5) is 4.71. The molecule has 218 valence electrons. The van der Waals surface area contributed by atoms with Gasteiger partial charge in [0.05, 0.1) is 7.05 Å². The number of pyridine rings is 1. The number of hydrogen-bond donors (Lipinski definition) is 0. The van der Waals surface area contributed by atoms with Crippen LogP contribution < -0.4 is 4.57 Å². The summed E-state index contributed by atoms with van der Waals surface area (Å²) in [5.41, 5.74) is 10.1. The Bertz CT molecular complexity index is 2350. The number of rotatable bonds is 4. The van der Waals surface area contributed by atoms with Crippen molar-refractivity contribution in [3.8, 4) is 22.6 Å². The van der Waals surface area contributed by atoms with Gasteiger partial charge in [-0.3, -0.25) is 0 Å². The molecule has 1 unspecified atom stereocenters. The minimum atomic E-state index is -0.712. The van der Waals surface area contributed by atoms with Crippen molar-refractivity contribution < 1.29 is 25.6 Å². The van der Waals surface area contributed by atoms with E-state index in [1.807, 2.05) is 46.9 Å². The fourth-order valence-corrected chi connectivity index (χ4v) is 7.11. The van der Waals surface area contributed by atoms with Gasteiger partial charge in [-0.15, -0.1) is 23.8 Å². The zero-order valence-corrected chi connectivity index (χ0v) is 26.7. The molecule has 3 aromatic heterocycles. The van der Waals surface area contributed by atoms with Crippen molar-refractivity contribution in [2.24, 2.45) is 7.05 Å². The van der Waals surface area contributed by atoms with Gasteiger partial charge in [-0.05, 0) is 34.6 Å². The number of aryl methyl sites for hydroxylation is 1. The molecule has 0 fully saturated rings. The first-order valence-corrected chi connectivity index (χ1v) is 14.8. The third kappa shape index (κ3) is 3.96. The number of para-hydroxylation sites is 2. The average Bonchev–Trinajstić information content (AvgIpc) is 3.68. The fraction of sp³-hybridized carbons (Fsp3) is 0.0500. The Kier molecular flexibility index (Phi) is 6.44. The summed E-state index contributed by atoms with van der Waals surface area (Å²) in [5.74, 6) is 0. The number of imidazole rings is 1. The normalized spacial score (nSPS) is 15.1. The first-order valence-electron chi connectivity index (χ1n) is 14.8. The van der Waals surface area contributed by atoms with Crippen molar-refractivity contribution in [1.82, 2.24) is 14.1 Å². The van der Waals surface area contributed by atoms with Crippen LogP contribution in [0.3, 0.4) is 0 Å². The average molecular weight is 758 g/mol. The molecule has 0 saturated carbocycles. The summed E-state index contributed by atoms with van der Waals surface area (Å²) in [5, 5.41) is 2.47. The standard InChI is InChI=1S/C40H26N4.Pt/c1-42-23-24-43(27-42)31-14-9-13-30(26-31)40(29-11-3-2-4-12-29)34-17-10-16-33-32-15-5-6-19-37(32)44(39(33)34)38-21-20-28(25-35(38)40)36-18-7-8-22-41-36;/h2-24H,1H3;/q-2;. The summed E-state index contributed by atoms with van der Waals surface area (Å²) in [6, 6.07) is 51.0. The molecule has 1 aliphatic heterocycles. The van der Waals surface area contributed by atoms with E-state index >= 15 is 0 Å². The molecule has 0 spiro atoms. The fourth-order valence-electron chi connectivity index (χ4n) is 7.11. The van der Waals surface area contributed by atoms with Gasteiger partial charge in [0.1, 0.15) is 0 Å². The summed E-state index contributed by atoms with van der Waals surface area (Å²) in [6.45, 7) is 0. The van der Waals surface area contributed by atoms with Gasteiger partial charge in [-0.2, -0.15) is 29.8 Å². The van der Waals surface area contributed by atoms with Crippen LogP contribution in [0.15, 0.2) is 140 Å². The molecule has 0 radical (unpaired) electrons. The van der Waals surface area contributed by atoms with E-state index in [0.717, 1.165) is 39.3 Å². The van der Waals surface area contributed by atoms with Crippen molar-refractivity contribution in [2.75, 3.05) is 0 Å². The van der Waals surface area contributed by atoms with Gasteiger partial charge in [-0.1, -0.05) is 90.1 Å². The molecule has 5 aromatic carbocycles. The Hall–Kier alpha value is -5.05. The Morgan fingerprint density at radius 1 is 0.733 bits per heavy atom. The van der Waals surface area contributed by atoms with E-state index in [1.165, 1.54) is 27.4 Å². The van der Waals surface area contributed by atoms with Gasteiger partial charge in [0.2, 0.25) is 6.33 Å². The Balaban J connectivity index is 0.00000300. The minimum absolute atomic E-state index is 0. The van der Waals surface area contributed by atoms with Gasteiger partial charge in [0.15, 0.2) is 0 Å². The molecule has 9 rings (SSSR count). The van der Waals surface area contributed by atoms with E-state index in [1.54, 1.807) is 0 Å². The molecule has 45 heavy (non-hydrogen) atoms. The van der Waals surface area contributed by atoms with E-state index < -0.39 is 5.41 Å². The van der Waals surface area contributed by atoms with E-state index in [9.17, 15) is 0 Å². The molecule has 0 amide bonds. The van der Waals surface area contributed by atoms with Crippen LogP contribution in [0.25, 0.3) is 44.4 Å². The van der Waals surface area contributed by atoms with E-state index in [2.05, 4.69) is 132 Å². The molecule has 0 bridgehead atoms. The first-order chi connectivity index (χ1) is 21.7. The van der Waals surface area contributed by atoms with Crippen LogP contribution >= 0.6 is 0 Å². The number of aromatic nitrogens is 4. The van der Waals surface area contributed by atoms with Crippen molar-refractivity contribution in [1.29, 1.82) is 0 Å². The van der Waals surface area contributed by atoms with Crippen molar-refractivity contribution >= 4 is 21.8 Å². The second kappa shape index (κ2) is 10.5. The third-order valence-corrected chi connectivity index (χ3v) is 8.93. The molecule has 0 N–H and O–H groups in total. The van der Waals surface area contributed by atoms with E-state index in [0.29, 0.717) is 0 Å². The first kappa shape index (κ1) is 27.5. The molecule has 1 aliphatic rings. The maximum atomic E-state index is 4.71. The SMILES string of the molecule is C[n+]1[c-]n(-c2[c-]c(C3(c4ccccc4)c4[c-]c(-c5ccccn5)ccc4-n4c5ccccc5c5cccc3c54)ccc2)cc1.[Pt]. The molecule has 0 aliphatic carbocycles. The summed E-state index contributed by atoms with van der Waals surface area (Å²) < 4.78 is 6.35. The molecule has 4 heterocycles. The predicted octanol–water partition coefficient (Wildman–Crippen LogP) is 7.56. The Morgan fingerprint density at radius 2 is 1.53 bits per heavy atom. The zero-order chi connectivity index (χ0) is 29.3. The van der Waals surface area contributed by atoms with Crippen LogP contribution in [0.2, 0.25) is 0 Å². The molecule has 4 nitrogen and oxygen atoms in total. The molecule has 1 atom stereocenters.